The van der Waals surface area contributed by atoms with Gasteiger partial charge >= 0.3 is 5.97 Å². The van der Waals surface area contributed by atoms with Gasteiger partial charge in [-0.1, -0.05) is 13.8 Å². The molecule has 2 rings (SSSR count). The molecule has 0 atom stereocenters. The third-order valence-corrected chi connectivity index (χ3v) is 2.39. The summed E-state index contributed by atoms with van der Waals surface area (Å²) in [5.74, 6) is -0.814. The second-order valence-electron chi connectivity index (χ2n) is 4.08. The fraction of sp³-hybridized carbons (Fsp3) is 0.364. The van der Waals surface area contributed by atoms with E-state index in [2.05, 4.69) is 10.1 Å². The summed E-state index contributed by atoms with van der Waals surface area (Å²) in [5, 5.41) is 13.3. The van der Waals surface area contributed by atoms with Crippen molar-refractivity contribution in [1.82, 2.24) is 14.6 Å². The lowest BCUT2D eigenvalue weighted by Gasteiger charge is -2.08. The predicted molar refractivity (Wildman–Crippen MR) is 58.8 cm³/mol. The predicted octanol–water partition coefficient (Wildman–Crippen LogP) is 1.86. The Morgan fingerprint density at radius 1 is 1.44 bits per heavy atom. The quantitative estimate of drug-likeness (QED) is 0.837. The second-order valence-corrected chi connectivity index (χ2v) is 4.08. The average molecular weight is 219 g/mol. The van der Waals surface area contributed by atoms with Gasteiger partial charge in [-0.25, -0.2) is 14.3 Å². The van der Waals surface area contributed by atoms with E-state index in [0.29, 0.717) is 5.65 Å². The van der Waals surface area contributed by atoms with E-state index in [1.807, 2.05) is 20.8 Å². The van der Waals surface area contributed by atoms with Crippen LogP contribution in [0.15, 0.2) is 12.1 Å². The van der Waals surface area contributed by atoms with Crippen LogP contribution in [0.1, 0.15) is 41.6 Å². The van der Waals surface area contributed by atoms with Crippen molar-refractivity contribution in [1.29, 1.82) is 0 Å². The molecule has 0 fully saturated rings. The Morgan fingerprint density at radius 3 is 2.69 bits per heavy atom. The van der Waals surface area contributed by atoms with Gasteiger partial charge in [0.2, 0.25) is 0 Å². The molecule has 0 aliphatic rings. The molecule has 0 aliphatic carbocycles. The van der Waals surface area contributed by atoms with E-state index >= 15 is 0 Å². The maximum atomic E-state index is 10.9. The number of aryl methyl sites for hydroxylation is 1. The largest absolute Gasteiger partial charge is 0.477 e. The van der Waals surface area contributed by atoms with Gasteiger partial charge in [0.15, 0.2) is 11.3 Å². The first-order valence-electron chi connectivity index (χ1n) is 5.09. The van der Waals surface area contributed by atoms with Crippen LogP contribution in [0.3, 0.4) is 0 Å². The topological polar surface area (TPSA) is 67.5 Å². The Bertz CT molecular complexity index is 558. The van der Waals surface area contributed by atoms with Gasteiger partial charge in [-0.2, -0.15) is 5.10 Å². The number of fused-ring (bicyclic) bond motifs is 1. The zero-order valence-corrected chi connectivity index (χ0v) is 9.43. The van der Waals surface area contributed by atoms with E-state index in [-0.39, 0.29) is 11.6 Å². The highest BCUT2D eigenvalue weighted by atomic mass is 16.4. The van der Waals surface area contributed by atoms with Crippen LogP contribution in [0.5, 0.6) is 0 Å². The molecule has 84 valence electrons. The average Bonchev–Trinajstić information content (AvgIpc) is 2.55. The lowest BCUT2D eigenvalue weighted by molar-refractivity contribution is 0.0690. The molecule has 0 aromatic carbocycles. The molecule has 2 heterocycles. The molecule has 2 aromatic rings. The van der Waals surface area contributed by atoms with Gasteiger partial charge in [-0.15, -0.1) is 0 Å². The standard InChI is InChI=1S/C11H13N3O2/c1-6(2)9-5-8(11(15)16)12-10-4-7(3)13-14(9)10/h4-6H,1-3H3,(H,15,16). The lowest BCUT2D eigenvalue weighted by Crippen LogP contribution is -2.08. The highest BCUT2D eigenvalue weighted by Crippen LogP contribution is 2.17. The van der Waals surface area contributed by atoms with Crippen molar-refractivity contribution in [2.75, 3.05) is 0 Å². The molecule has 1 N–H and O–H groups in total. The number of carbonyl (C=O) groups is 1. The van der Waals surface area contributed by atoms with Crippen LogP contribution in [-0.2, 0) is 0 Å². The zero-order chi connectivity index (χ0) is 11.9. The summed E-state index contributed by atoms with van der Waals surface area (Å²) in [6, 6.07) is 3.35. The normalized spacial score (nSPS) is 11.2. The molecule has 5 nitrogen and oxygen atoms in total. The molecule has 16 heavy (non-hydrogen) atoms. The molecular formula is C11H13N3O2. The van der Waals surface area contributed by atoms with E-state index in [4.69, 9.17) is 5.11 Å². The van der Waals surface area contributed by atoms with E-state index < -0.39 is 5.97 Å². The van der Waals surface area contributed by atoms with Crippen molar-refractivity contribution >= 4 is 11.6 Å². The molecule has 0 radical (unpaired) electrons. The molecule has 0 saturated heterocycles. The van der Waals surface area contributed by atoms with Gasteiger partial charge in [-0.05, 0) is 18.9 Å². The highest BCUT2D eigenvalue weighted by Gasteiger charge is 2.14. The molecule has 0 bridgehead atoms. The van der Waals surface area contributed by atoms with Crippen molar-refractivity contribution in [3.63, 3.8) is 0 Å². The lowest BCUT2D eigenvalue weighted by atomic mass is 10.1. The van der Waals surface area contributed by atoms with Crippen LogP contribution in [0.4, 0.5) is 0 Å². The third kappa shape index (κ3) is 1.64. The molecule has 0 unspecified atom stereocenters. The van der Waals surface area contributed by atoms with Gasteiger partial charge in [-0.3, -0.25) is 0 Å². The van der Waals surface area contributed by atoms with E-state index in [1.54, 1.807) is 16.6 Å². The maximum Gasteiger partial charge on any atom is 0.354 e. The summed E-state index contributed by atoms with van der Waals surface area (Å²) in [6.45, 7) is 5.86. The minimum atomic E-state index is -1.01. The molecule has 2 aromatic heterocycles. The van der Waals surface area contributed by atoms with Crippen LogP contribution in [0.25, 0.3) is 5.65 Å². The first kappa shape index (κ1) is 10.6. The van der Waals surface area contributed by atoms with Crippen molar-refractivity contribution in [3.05, 3.63) is 29.2 Å². The Kier molecular flexibility index (Phi) is 2.38. The minimum absolute atomic E-state index is 0.0658. The molecule has 5 heteroatoms. The number of aromatic carboxylic acids is 1. The first-order valence-corrected chi connectivity index (χ1v) is 5.09. The van der Waals surface area contributed by atoms with E-state index in [9.17, 15) is 4.79 Å². The Hall–Kier alpha value is -1.91. The summed E-state index contributed by atoms with van der Waals surface area (Å²) in [7, 11) is 0. The van der Waals surface area contributed by atoms with E-state index in [0.717, 1.165) is 11.4 Å². The monoisotopic (exact) mass is 219 g/mol. The Morgan fingerprint density at radius 2 is 2.12 bits per heavy atom. The van der Waals surface area contributed by atoms with Crippen molar-refractivity contribution in [2.45, 2.75) is 26.7 Å². The summed E-state index contributed by atoms with van der Waals surface area (Å²) >= 11 is 0. The van der Waals surface area contributed by atoms with Crippen molar-refractivity contribution in [2.24, 2.45) is 0 Å². The number of carboxylic acids is 1. The van der Waals surface area contributed by atoms with Crippen LogP contribution >= 0.6 is 0 Å². The Balaban J connectivity index is 2.78. The van der Waals surface area contributed by atoms with Gasteiger partial charge < -0.3 is 5.11 Å². The third-order valence-electron chi connectivity index (χ3n) is 2.39. The van der Waals surface area contributed by atoms with E-state index in [1.165, 1.54) is 0 Å². The highest BCUT2D eigenvalue weighted by molar-refractivity contribution is 5.86. The number of hydrogen-bond donors (Lipinski definition) is 1. The van der Waals surface area contributed by atoms with Gasteiger partial charge in [0.1, 0.15) is 0 Å². The van der Waals surface area contributed by atoms with Crippen LogP contribution in [0.2, 0.25) is 0 Å². The molecule has 0 saturated carbocycles. The Labute approximate surface area is 92.7 Å². The molecule has 0 spiro atoms. The minimum Gasteiger partial charge on any atom is -0.477 e. The van der Waals surface area contributed by atoms with Crippen LogP contribution in [-0.4, -0.2) is 25.7 Å². The fourth-order valence-corrected chi connectivity index (χ4v) is 1.63. The maximum absolute atomic E-state index is 10.9. The smallest absolute Gasteiger partial charge is 0.354 e. The number of hydrogen-bond acceptors (Lipinski definition) is 3. The summed E-state index contributed by atoms with van der Waals surface area (Å²) in [6.07, 6.45) is 0. The van der Waals surface area contributed by atoms with Gasteiger partial charge in [0, 0.05) is 11.8 Å². The van der Waals surface area contributed by atoms with Crippen molar-refractivity contribution in [3.8, 4) is 0 Å². The number of rotatable bonds is 2. The zero-order valence-electron chi connectivity index (χ0n) is 9.43. The molecule has 0 aliphatic heterocycles. The molecular weight excluding hydrogens is 206 g/mol. The SMILES string of the molecule is Cc1cc2nc(C(=O)O)cc(C(C)C)n2n1. The fourth-order valence-electron chi connectivity index (χ4n) is 1.63. The number of carboxylic acid groups (broad SMARTS) is 1. The van der Waals surface area contributed by atoms with Crippen LogP contribution in [0, 0.1) is 6.92 Å². The van der Waals surface area contributed by atoms with Crippen LogP contribution < -0.4 is 0 Å². The second kappa shape index (κ2) is 3.59. The summed E-state index contributed by atoms with van der Waals surface area (Å²) in [4.78, 5) is 15.0. The summed E-state index contributed by atoms with van der Waals surface area (Å²) in [5.41, 5.74) is 2.34. The molecule has 0 amide bonds. The summed E-state index contributed by atoms with van der Waals surface area (Å²) < 4.78 is 1.70. The van der Waals surface area contributed by atoms with Crippen molar-refractivity contribution < 1.29 is 9.90 Å². The number of nitrogens with zero attached hydrogens (tertiary/aromatic N) is 3. The van der Waals surface area contributed by atoms with Gasteiger partial charge in [0.25, 0.3) is 0 Å². The number of aromatic nitrogens is 3. The first-order chi connectivity index (χ1) is 7.49. The van der Waals surface area contributed by atoms with Gasteiger partial charge in [0.05, 0.1) is 5.69 Å².